The molecule has 0 bridgehead atoms. The minimum atomic E-state index is -0.226. The maximum atomic E-state index is 12.7. The summed E-state index contributed by atoms with van der Waals surface area (Å²) in [6.07, 6.45) is 4.88. The van der Waals surface area contributed by atoms with Crippen LogP contribution in [0.2, 0.25) is 0 Å². The van der Waals surface area contributed by atoms with E-state index in [1.165, 1.54) is 0 Å². The molecule has 1 aliphatic rings. The summed E-state index contributed by atoms with van der Waals surface area (Å²) in [5, 5.41) is 7.20. The highest BCUT2D eigenvalue weighted by molar-refractivity contribution is 6.04. The molecular weight excluding hydrogens is 354 g/mol. The third-order valence-corrected chi connectivity index (χ3v) is 4.94. The van der Waals surface area contributed by atoms with Crippen molar-refractivity contribution in [3.63, 3.8) is 0 Å². The molecule has 0 radical (unpaired) electrons. The van der Waals surface area contributed by atoms with Crippen LogP contribution < -0.4 is 10.2 Å². The molecule has 0 spiro atoms. The Hall–Kier alpha value is -3.26. The van der Waals surface area contributed by atoms with Crippen molar-refractivity contribution in [3.05, 3.63) is 60.2 Å². The Morgan fingerprint density at radius 3 is 2.36 bits per heavy atom. The van der Waals surface area contributed by atoms with Gasteiger partial charge in [-0.1, -0.05) is 18.2 Å². The number of hydrogen-bond donors (Lipinski definition) is 1. The quantitative estimate of drug-likeness (QED) is 0.749. The summed E-state index contributed by atoms with van der Waals surface area (Å²) in [5.74, 6) is 0.467. The van der Waals surface area contributed by atoms with Crippen LogP contribution in [0.25, 0.3) is 5.69 Å². The van der Waals surface area contributed by atoms with Crippen molar-refractivity contribution in [2.45, 2.75) is 6.92 Å². The van der Waals surface area contributed by atoms with Crippen molar-refractivity contribution in [1.82, 2.24) is 24.6 Å². The van der Waals surface area contributed by atoms with Crippen molar-refractivity contribution in [2.24, 2.45) is 0 Å². The van der Waals surface area contributed by atoms with Gasteiger partial charge in [0, 0.05) is 26.2 Å². The number of rotatable bonds is 4. The standard InChI is InChI=1S/C20H23N7O/c1-15-18(14-23-27(15)17-6-4-3-5-7-17)19(28)24-16-12-21-20(22-13-16)26-10-8-25(2)9-11-26/h3-7,12-14H,8-11H2,1-2H3,(H,24,28). The maximum Gasteiger partial charge on any atom is 0.259 e. The number of carbonyl (C=O) groups excluding carboxylic acids is 1. The van der Waals surface area contributed by atoms with Crippen LogP contribution in [0, 0.1) is 6.92 Å². The number of carbonyl (C=O) groups is 1. The van der Waals surface area contributed by atoms with Gasteiger partial charge in [0.15, 0.2) is 0 Å². The lowest BCUT2D eigenvalue weighted by molar-refractivity contribution is 0.102. The van der Waals surface area contributed by atoms with Gasteiger partial charge in [0.05, 0.1) is 41.2 Å². The molecule has 144 valence electrons. The summed E-state index contributed by atoms with van der Waals surface area (Å²) in [5.41, 5.74) is 2.78. The van der Waals surface area contributed by atoms with Crippen LogP contribution in [-0.2, 0) is 0 Å². The maximum absolute atomic E-state index is 12.7. The first kappa shape index (κ1) is 18.1. The predicted octanol–water partition coefficient (Wildman–Crippen LogP) is 1.97. The zero-order chi connectivity index (χ0) is 19.5. The van der Waals surface area contributed by atoms with Crippen LogP contribution in [0.1, 0.15) is 16.1 Å². The summed E-state index contributed by atoms with van der Waals surface area (Å²) in [6.45, 7) is 5.67. The van der Waals surface area contributed by atoms with E-state index in [0.29, 0.717) is 17.2 Å². The molecule has 0 atom stereocenters. The molecule has 3 aromatic rings. The van der Waals surface area contributed by atoms with Gasteiger partial charge >= 0.3 is 0 Å². The second-order valence-corrected chi connectivity index (χ2v) is 6.91. The zero-order valence-electron chi connectivity index (χ0n) is 16.0. The number of hydrogen-bond acceptors (Lipinski definition) is 6. The number of nitrogens with zero attached hydrogens (tertiary/aromatic N) is 6. The molecule has 2 aromatic heterocycles. The average molecular weight is 377 g/mol. The Bertz CT molecular complexity index is 944. The van der Waals surface area contributed by atoms with Crippen molar-refractivity contribution in [2.75, 3.05) is 43.4 Å². The molecule has 0 unspecified atom stereocenters. The van der Waals surface area contributed by atoms with E-state index >= 15 is 0 Å². The SMILES string of the molecule is Cc1c(C(=O)Nc2cnc(N3CCN(C)CC3)nc2)cnn1-c1ccccc1. The van der Waals surface area contributed by atoms with Gasteiger partial charge in [-0.2, -0.15) is 5.10 Å². The highest BCUT2D eigenvalue weighted by Gasteiger charge is 2.18. The Kier molecular flexibility index (Phi) is 5.03. The van der Waals surface area contributed by atoms with Crippen molar-refractivity contribution in [3.8, 4) is 5.69 Å². The molecule has 1 amide bonds. The normalized spacial score (nSPS) is 14.9. The van der Waals surface area contributed by atoms with Crippen molar-refractivity contribution in [1.29, 1.82) is 0 Å². The number of anilines is 2. The Morgan fingerprint density at radius 2 is 1.68 bits per heavy atom. The summed E-state index contributed by atoms with van der Waals surface area (Å²) in [4.78, 5) is 25.9. The van der Waals surface area contributed by atoms with Gasteiger partial charge in [0.25, 0.3) is 5.91 Å². The van der Waals surface area contributed by atoms with E-state index in [0.717, 1.165) is 37.6 Å². The van der Waals surface area contributed by atoms with Gasteiger partial charge in [-0.05, 0) is 26.1 Å². The molecule has 1 aromatic carbocycles. The molecule has 8 heteroatoms. The van der Waals surface area contributed by atoms with E-state index in [4.69, 9.17) is 0 Å². The fourth-order valence-corrected chi connectivity index (χ4v) is 3.22. The summed E-state index contributed by atoms with van der Waals surface area (Å²) in [7, 11) is 2.11. The van der Waals surface area contributed by atoms with E-state index in [1.54, 1.807) is 23.3 Å². The third-order valence-electron chi connectivity index (χ3n) is 4.94. The number of aromatic nitrogens is 4. The van der Waals surface area contributed by atoms with Gasteiger partial charge in [0.1, 0.15) is 0 Å². The topological polar surface area (TPSA) is 79.2 Å². The molecule has 0 aliphatic carbocycles. The third kappa shape index (κ3) is 3.72. The summed E-state index contributed by atoms with van der Waals surface area (Å²) in [6, 6.07) is 9.73. The van der Waals surface area contributed by atoms with Crippen LogP contribution in [0.5, 0.6) is 0 Å². The number of benzene rings is 1. The number of para-hydroxylation sites is 1. The molecule has 28 heavy (non-hydrogen) atoms. The second kappa shape index (κ2) is 7.77. The van der Waals surface area contributed by atoms with Crippen molar-refractivity contribution >= 4 is 17.5 Å². The minimum Gasteiger partial charge on any atom is -0.338 e. The highest BCUT2D eigenvalue weighted by Crippen LogP contribution is 2.17. The molecule has 1 N–H and O–H groups in total. The van der Waals surface area contributed by atoms with Crippen LogP contribution in [-0.4, -0.2) is 63.8 Å². The van der Waals surface area contributed by atoms with Gasteiger partial charge in [-0.15, -0.1) is 0 Å². The first-order valence-corrected chi connectivity index (χ1v) is 9.29. The average Bonchev–Trinajstić information content (AvgIpc) is 3.11. The molecular formula is C20H23N7O. The van der Waals surface area contributed by atoms with Gasteiger partial charge in [-0.3, -0.25) is 4.79 Å². The van der Waals surface area contributed by atoms with Gasteiger partial charge in [0.2, 0.25) is 5.95 Å². The largest absolute Gasteiger partial charge is 0.338 e. The predicted molar refractivity (Wildman–Crippen MR) is 108 cm³/mol. The van der Waals surface area contributed by atoms with E-state index in [9.17, 15) is 4.79 Å². The van der Waals surface area contributed by atoms with Crippen LogP contribution in [0.4, 0.5) is 11.6 Å². The van der Waals surface area contributed by atoms with E-state index in [-0.39, 0.29) is 5.91 Å². The number of amides is 1. The fraction of sp³-hybridized carbons (Fsp3) is 0.300. The molecule has 1 fully saturated rings. The second-order valence-electron chi connectivity index (χ2n) is 6.91. The number of nitrogens with one attached hydrogen (secondary N) is 1. The lowest BCUT2D eigenvalue weighted by Crippen LogP contribution is -2.45. The van der Waals surface area contributed by atoms with Gasteiger partial charge in [-0.25, -0.2) is 14.6 Å². The van der Waals surface area contributed by atoms with Gasteiger partial charge < -0.3 is 15.1 Å². The number of likely N-dealkylation sites (N-methyl/N-ethyl adjacent to an activating group) is 1. The molecule has 3 heterocycles. The highest BCUT2D eigenvalue weighted by atomic mass is 16.1. The monoisotopic (exact) mass is 377 g/mol. The molecule has 8 nitrogen and oxygen atoms in total. The fourth-order valence-electron chi connectivity index (χ4n) is 3.22. The van der Waals surface area contributed by atoms with Crippen LogP contribution in [0.15, 0.2) is 48.9 Å². The lowest BCUT2D eigenvalue weighted by atomic mass is 10.2. The van der Waals surface area contributed by atoms with Crippen molar-refractivity contribution < 1.29 is 4.79 Å². The summed E-state index contributed by atoms with van der Waals surface area (Å²) >= 11 is 0. The Labute approximate surface area is 163 Å². The minimum absolute atomic E-state index is 0.226. The zero-order valence-corrected chi connectivity index (χ0v) is 16.0. The molecule has 4 rings (SSSR count). The molecule has 1 aliphatic heterocycles. The van der Waals surface area contributed by atoms with E-state index < -0.39 is 0 Å². The van der Waals surface area contributed by atoms with Crippen LogP contribution in [0.3, 0.4) is 0 Å². The Morgan fingerprint density at radius 1 is 1.00 bits per heavy atom. The first-order valence-electron chi connectivity index (χ1n) is 9.29. The van der Waals surface area contributed by atoms with E-state index in [1.807, 2.05) is 37.3 Å². The molecule has 1 saturated heterocycles. The lowest BCUT2D eigenvalue weighted by Gasteiger charge is -2.32. The van der Waals surface area contributed by atoms with E-state index in [2.05, 4.69) is 37.2 Å². The molecule has 0 saturated carbocycles. The Balaban J connectivity index is 1.45. The number of piperazine rings is 1. The van der Waals surface area contributed by atoms with Crippen LogP contribution >= 0.6 is 0 Å². The summed E-state index contributed by atoms with van der Waals surface area (Å²) < 4.78 is 1.75. The first-order chi connectivity index (χ1) is 13.6. The smallest absolute Gasteiger partial charge is 0.259 e.